The Bertz CT molecular complexity index is 638. The van der Waals surface area contributed by atoms with Crippen molar-refractivity contribution in [3.63, 3.8) is 0 Å². The summed E-state index contributed by atoms with van der Waals surface area (Å²) in [6, 6.07) is 13.2. The summed E-state index contributed by atoms with van der Waals surface area (Å²) >= 11 is 4.48. The molecule has 1 aromatic heterocycles. The highest BCUT2D eigenvalue weighted by atomic mass is 79.9. The lowest BCUT2D eigenvalue weighted by atomic mass is 10.0. The van der Waals surface area contributed by atoms with Crippen LogP contribution in [-0.2, 0) is 10.0 Å². The van der Waals surface area contributed by atoms with Gasteiger partial charge in [0.2, 0.25) is 10.0 Å². The zero-order chi connectivity index (χ0) is 13.9. The molecule has 2 aromatic rings. The maximum absolute atomic E-state index is 12.1. The molecule has 0 spiro atoms. The van der Waals surface area contributed by atoms with Crippen molar-refractivity contribution in [1.82, 2.24) is 4.72 Å². The van der Waals surface area contributed by atoms with E-state index in [1.54, 1.807) is 12.1 Å². The highest BCUT2D eigenvalue weighted by molar-refractivity contribution is 9.11. The van der Waals surface area contributed by atoms with Gasteiger partial charge in [0.05, 0.1) is 3.79 Å². The van der Waals surface area contributed by atoms with Crippen LogP contribution in [0.15, 0.2) is 50.5 Å². The topological polar surface area (TPSA) is 46.2 Å². The molecule has 0 saturated heterocycles. The zero-order valence-corrected chi connectivity index (χ0v) is 13.6. The fourth-order valence-electron chi connectivity index (χ4n) is 1.65. The first-order valence-corrected chi connectivity index (χ1v) is 8.88. The van der Waals surface area contributed by atoms with Crippen LogP contribution in [0.4, 0.5) is 0 Å². The summed E-state index contributed by atoms with van der Waals surface area (Å²) in [6.45, 7) is 2.39. The van der Waals surface area contributed by atoms with Crippen molar-refractivity contribution in [3.8, 4) is 0 Å². The van der Waals surface area contributed by atoms with Crippen molar-refractivity contribution in [2.24, 2.45) is 0 Å². The van der Waals surface area contributed by atoms with Crippen LogP contribution in [0.1, 0.15) is 18.4 Å². The van der Waals surface area contributed by atoms with Gasteiger partial charge in [-0.15, -0.1) is 11.3 Å². The van der Waals surface area contributed by atoms with E-state index in [4.69, 9.17) is 0 Å². The molecule has 0 aliphatic rings. The molecule has 1 atom stereocenters. The molecule has 0 bridgehead atoms. The number of nitrogens with one attached hydrogen (secondary N) is 1. The van der Waals surface area contributed by atoms with Gasteiger partial charge in [0.25, 0.3) is 0 Å². The molecule has 19 heavy (non-hydrogen) atoms. The van der Waals surface area contributed by atoms with E-state index in [1.807, 2.05) is 37.3 Å². The number of sulfonamides is 1. The molecule has 0 unspecified atom stereocenters. The van der Waals surface area contributed by atoms with Crippen molar-refractivity contribution < 1.29 is 8.42 Å². The van der Waals surface area contributed by atoms with E-state index < -0.39 is 10.0 Å². The Morgan fingerprint density at radius 3 is 2.47 bits per heavy atom. The second kappa shape index (κ2) is 6.17. The second-order valence-electron chi connectivity index (χ2n) is 4.22. The van der Waals surface area contributed by atoms with E-state index in [0.29, 0.717) is 10.8 Å². The number of halogens is 1. The summed E-state index contributed by atoms with van der Waals surface area (Å²) in [6.07, 6.45) is 0. The van der Waals surface area contributed by atoms with Crippen molar-refractivity contribution in [3.05, 3.63) is 51.8 Å². The molecule has 0 saturated carbocycles. The van der Waals surface area contributed by atoms with Gasteiger partial charge in [-0.3, -0.25) is 0 Å². The first-order valence-electron chi connectivity index (χ1n) is 5.79. The predicted octanol–water partition coefficient (Wildman–Crippen LogP) is 3.59. The van der Waals surface area contributed by atoms with Gasteiger partial charge in [0.15, 0.2) is 0 Å². The molecule has 3 nitrogen and oxygen atoms in total. The van der Waals surface area contributed by atoms with Gasteiger partial charge < -0.3 is 0 Å². The molecule has 1 aromatic carbocycles. The molecule has 0 aliphatic carbocycles. The summed E-state index contributed by atoms with van der Waals surface area (Å²) in [5.41, 5.74) is 1.12. The summed E-state index contributed by atoms with van der Waals surface area (Å²) in [4.78, 5) is 0. The van der Waals surface area contributed by atoms with Crippen LogP contribution in [0, 0.1) is 0 Å². The normalized spacial score (nSPS) is 13.4. The van der Waals surface area contributed by atoms with E-state index in [9.17, 15) is 8.42 Å². The van der Waals surface area contributed by atoms with E-state index in [1.165, 1.54) is 11.3 Å². The number of hydrogen-bond acceptors (Lipinski definition) is 3. The SMILES string of the molecule is C[C@H](CNS(=O)(=O)c1ccc(Br)s1)c1ccccc1. The number of rotatable bonds is 5. The number of thiophene rings is 1. The van der Waals surface area contributed by atoms with Crippen molar-refractivity contribution >= 4 is 37.3 Å². The average molecular weight is 360 g/mol. The number of benzene rings is 1. The smallest absolute Gasteiger partial charge is 0.210 e. The lowest BCUT2D eigenvalue weighted by molar-refractivity contribution is 0.577. The van der Waals surface area contributed by atoms with Gasteiger partial charge in [-0.2, -0.15) is 0 Å². The predicted molar refractivity (Wildman–Crippen MR) is 82.1 cm³/mol. The standard InChI is InChI=1S/C13H14BrNO2S2/c1-10(11-5-3-2-4-6-11)9-15-19(16,17)13-8-7-12(14)18-13/h2-8,10,15H,9H2,1H3/t10-/m1/s1. The molecule has 6 heteroatoms. The molecular weight excluding hydrogens is 346 g/mol. The van der Waals surface area contributed by atoms with E-state index >= 15 is 0 Å². The summed E-state index contributed by atoms with van der Waals surface area (Å²) < 4.78 is 27.9. The average Bonchev–Trinajstić information content (AvgIpc) is 2.85. The van der Waals surface area contributed by atoms with Crippen LogP contribution in [-0.4, -0.2) is 15.0 Å². The Kier molecular flexibility index (Phi) is 4.78. The fourth-order valence-corrected chi connectivity index (χ4v) is 4.83. The molecular formula is C13H14BrNO2S2. The van der Waals surface area contributed by atoms with Crippen LogP contribution in [0.3, 0.4) is 0 Å². The molecule has 0 aliphatic heterocycles. The Labute approximate surface area is 125 Å². The molecule has 0 fully saturated rings. The third kappa shape index (κ3) is 3.89. The van der Waals surface area contributed by atoms with Gasteiger partial charge in [-0.25, -0.2) is 13.1 Å². The summed E-state index contributed by atoms with van der Waals surface area (Å²) in [5.74, 6) is 0.138. The van der Waals surface area contributed by atoms with Crippen molar-refractivity contribution in [2.45, 2.75) is 17.1 Å². The Hall–Kier alpha value is -0.690. The third-order valence-electron chi connectivity index (χ3n) is 2.76. The van der Waals surface area contributed by atoms with Gasteiger partial charge in [0.1, 0.15) is 4.21 Å². The van der Waals surface area contributed by atoms with E-state index in [-0.39, 0.29) is 5.92 Å². The van der Waals surface area contributed by atoms with E-state index in [0.717, 1.165) is 9.35 Å². The maximum atomic E-state index is 12.1. The largest absolute Gasteiger partial charge is 0.250 e. The molecule has 0 radical (unpaired) electrons. The molecule has 102 valence electrons. The molecule has 0 amide bonds. The Morgan fingerprint density at radius 2 is 1.89 bits per heavy atom. The summed E-state index contributed by atoms with van der Waals surface area (Å²) in [7, 11) is -3.40. The van der Waals surface area contributed by atoms with Gasteiger partial charge >= 0.3 is 0 Å². The van der Waals surface area contributed by atoms with Crippen LogP contribution >= 0.6 is 27.3 Å². The minimum atomic E-state index is -3.40. The monoisotopic (exact) mass is 359 g/mol. The summed E-state index contributed by atoms with van der Waals surface area (Å²) in [5, 5.41) is 0. The minimum absolute atomic E-state index is 0.138. The molecule has 1 heterocycles. The van der Waals surface area contributed by atoms with E-state index in [2.05, 4.69) is 20.7 Å². The van der Waals surface area contributed by atoms with Gasteiger partial charge in [-0.05, 0) is 39.5 Å². The van der Waals surface area contributed by atoms with Crippen molar-refractivity contribution in [1.29, 1.82) is 0 Å². The number of hydrogen-bond donors (Lipinski definition) is 1. The van der Waals surface area contributed by atoms with Crippen LogP contribution in [0.25, 0.3) is 0 Å². The Balaban J connectivity index is 2.03. The maximum Gasteiger partial charge on any atom is 0.250 e. The molecule has 1 N–H and O–H groups in total. The highest BCUT2D eigenvalue weighted by Crippen LogP contribution is 2.26. The van der Waals surface area contributed by atoms with Crippen molar-refractivity contribution in [2.75, 3.05) is 6.54 Å². The zero-order valence-electron chi connectivity index (χ0n) is 10.3. The molecule has 2 rings (SSSR count). The van der Waals surface area contributed by atoms with Gasteiger partial charge in [-0.1, -0.05) is 37.3 Å². The van der Waals surface area contributed by atoms with Crippen LogP contribution in [0.5, 0.6) is 0 Å². The van der Waals surface area contributed by atoms with Gasteiger partial charge in [0, 0.05) is 6.54 Å². The quantitative estimate of drug-likeness (QED) is 0.886. The second-order valence-corrected chi connectivity index (χ2v) is 8.68. The fraction of sp³-hybridized carbons (Fsp3) is 0.231. The first kappa shape index (κ1) is 14.7. The third-order valence-corrected chi connectivity index (χ3v) is 6.30. The lowest BCUT2D eigenvalue weighted by Crippen LogP contribution is -2.27. The highest BCUT2D eigenvalue weighted by Gasteiger charge is 2.17. The minimum Gasteiger partial charge on any atom is -0.210 e. The lowest BCUT2D eigenvalue weighted by Gasteiger charge is -2.12. The Morgan fingerprint density at radius 1 is 1.21 bits per heavy atom. The van der Waals surface area contributed by atoms with Crippen LogP contribution in [0.2, 0.25) is 0 Å². The first-order chi connectivity index (χ1) is 8.99. The van der Waals surface area contributed by atoms with Crippen LogP contribution < -0.4 is 4.72 Å².